The summed E-state index contributed by atoms with van der Waals surface area (Å²) in [4.78, 5) is 25.0. The van der Waals surface area contributed by atoms with Crippen molar-refractivity contribution in [1.82, 2.24) is 0 Å². The first-order valence-electron chi connectivity index (χ1n) is 10.2. The second kappa shape index (κ2) is 7.94. The maximum atomic E-state index is 12.6. The van der Waals surface area contributed by atoms with E-state index in [2.05, 4.69) is 12.1 Å². The van der Waals surface area contributed by atoms with Gasteiger partial charge in [0.15, 0.2) is 11.3 Å². The van der Waals surface area contributed by atoms with Crippen LogP contribution in [-0.4, -0.2) is 23.1 Å². The lowest BCUT2D eigenvalue weighted by Crippen LogP contribution is -2.24. The van der Waals surface area contributed by atoms with Crippen LogP contribution < -0.4 is 16.0 Å². The summed E-state index contributed by atoms with van der Waals surface area (Å²) in [7, 11) is 0. The van der Waals surface area contributed by atoms with E-state index in [0.29, 0.717) is 12.0 Å². The van der Waals surface area contributed by atoms with E-state index >= 15 is 0 Å². The summed E-state index contributed by atoms with van der Waals surface area (Å²) in [6.07, 6.45) is 1.89. The summed E-state index contributed by atoms with van der Waals surface area (Å²) >= 11 is 0. The van der Waals surface area contributed by atoms with Crippen molar-refractivity contribution in [2.45, 2.75) is 32.0 Å². The SMILES string of the molecule is O=c1oc2cc(OC3CCCCO3)c#cc2c(O)c1Cc1c(O)c2ccccc2oc1=O. The molecule has 0 radical (unpaired) electrons. The van der Waals surface area contributed by atoms with E-state index < -0.39 is 23.3 Å². The molecule has 5 rings (SSSR count). The molecule has 8 nitrogen and oxygen atoms in total. The van der Waals surface area contributed by atoms with Gasteiger partial charge in [0.25, 0.3) is 0 Å². The minimum atomic E-state index is -0.860. The van der Waals surface area contributed by atoms with Crippen LogP contribution in [0.5, 0.6) is 17.2 Å². The summed E-state index contributed by atoms with van der Waals surface area (Å²) in [5.74, 6) is -0.463. The molecule has 1 aliphatic heterocycles. The van der Waals surface area contributed by atoms with Crippen molar-refractivity contribution in [2.24, 2.45) is 0 Å². The highest BCUT2D eigenvalue weighted by molar-refractivity contribution is 5.85. The van der Waals surface area contributed by atoms with Gasteiger partial charge in [-0.15, -0.1) is 0 Å². The molecule has 0 amide bonds. The van der Waals surface area contributed by atoms with Crippen molar-refractivity contribution in [3.8, 4) is 17.2 Å². The molecule has 0 aliphatic carbocycles. The normalized spacial score (nSPS) is 16.2. The average molecular weight is 434 g/mol. The third-order valence-electron chi connectivity index (χ3n) is 5.42. The van der Waals surface area contributed by atoms with Gasteiger partial charge >= 0.3 is 11.3 Å². The van der Waals surface area contributed by atoms with Crippen molar-refractivity contribution >= 4 is 21.9 Å². The monoisotopic (exact) mass is 434 g/mol. The summed E-state index contributed by atoms with van der Waals surface area (Å²) in [5, 5.41) is 21.7. The Labute approximate surface area is 181 Å². The van der Waals surface area contributed by atoms with Gasteiger partial charge in [-0.3, -0.25) is 0 Å². The highest BCUT2D eigenvalue weighted by Crippen LogP contribution is 2.32. The summed E-state index contributed by atoms with van der Waals surface area (Å²) in [6.45, 7) is 0.608. The van der Waals surface area contributed by atoms with Crippen molar-refractivity contribution in [3.63, 3.8) is 0 Å². The van der Waals surface area contributed by atoms with Gasteiger partial charge in [0, 0.05) is 18.9 Å². The fourth-order valence-corrected chi connectivity index (χ4v) is 3.75. The van der Waals surface area contributed by atoms with Gasteiger partial charge in [-0.2, -0.15) is 0 Å². The third-order valence-corrected chi connectivity index (χ3v) is 5.42. The molecule has 1 atom stereocenters. The van der Waals surface area contributed by atoms with E-state index in [0.717, 1.165) is 19.3 Å². The Morgan fingerprint density at radius 1 is 0.969 bits per heavy atom. The van der Waals surface area contributed by atoms with Crippen LogP contribution in [-0.2, 0) is 11.2 Å². The molecular weight excluding hydrogens is 416 g/mol. The van der Waals surface area contributed by atoms with E-state index in [-0.39, 0.29) is 45.6 Å². The average Bonchev–Trinajstić information content (AvgIpc) is 2.79. The molecule has 1 saturated heterocycles. The van der Waals surface area contributed by atoms with Gasteiger partial charge in [-0.1, -0.05) is 18.2 Å². The van der Waals surface area contributed by atoms with Gasteiger partial charge in [0.2, 0.25) is 6.29 Å². The fraction of sp³-hybridized carbons (Fsp3) is 0.250. The van der Waals surface area contributed by atoms with Gasteiger partial charge in [-0.05, 0) is 31.0 Å². The van der Waals surface area contributed by atoms with Gasteiger partial charge in [0.1, 0.15) is 22.5 Å². The number of para-hydroxylation sites is 1. The number of fused-ring (bicyclic) bond motifs is 2. The van der Waals surface area contributed by atoms with Crippen LogP contribution in [0, 0.1) is 12.1 Å². The van der Waals surface area contributed by atoms with Gasteiger partial charge in [0.05, 0.1) is 23.1 Å². The fourth-order valence-electron chi connectivity index (χ4n) is 3.75. The topological polar surface area (TPSA) is 119 Å². The third kappa shape index (κ3) is 3.53. The molecule has 162 valence electrons. The molecule has 0 spiro atoms. The molecule has 3 heterocycles. The van der Waals surface area contributed by atoms with Crippen LogP contribution in [0.1, 0.15) is 30.4 Å². The summed E-state index contributed by atoms with van der Waals surface area (Å²) < 4.78 is 21.8. The van der Waals surface area contributed by atoms with E-state index in [4.69, 9.17) is 18.3 Å². The molecule has 4 aromatic rings. The maximum Gasteiger partial charge on any atom is 0.343 e. The van der Waals surface area contributed by atoms with Crippen molar-refractivity contribution < 1.29 is 28.5 Å². The van der Waals surface area contributed by atoms with E-state index in [9.17, 15) is 19.8 Å². The number of rotatable bonds is 4. The van der Waals surface area contributed by atoms with Crippen molar-refractivity contribution in [3.05, 3.63) is 74.4 Å². The quantitative estimate of drug-likeness (QED) is 0.469. The minimum Gasteiger partial charge on any atom is -0.507 e. The first-order valence-corrected chi connectivity index (χ1v) is 10.2. The first kappa shape index (κ1) is 20.0. The van der Waals surface area contributed by atoms with Crippen LogP contribution in [0.3, 0.4) is 0 Å². The van der Waals surface area contributed by atoms with Crippen LogP contribution in [0.4, 0.5) is 0 Å². The Kier molecular flexibility index (Phi) is 4.96. The smallest absolute Gasteiger partial charge is 0.343 e. The molecule has 8 heteroatoms. The Bertz CT molecular complexity index is 1430. The number of benzene rings is 1. The first-order chi connectivity index (χ1) is 15.5. The zero-order chi connectivity index (χ0) is 22.2. The Hall–Kier alpha value is -3.96. The highest BCUT2D eigenvalue weighted by Gasteiger charge is 2.21. The zero-order valence-electron chi connectivity index (χ0n) is 16.8. The molecule has 32 heavy (non-hydrogen) atoms. The Morgan fingerprint density at radius 2 is 1.72 bits per heavy atom. The molecule has 1 aliphatic rings. The summed E-state index contributed by atoms with van der Waals surface area (Å²) in [5.41, 5.74) is -1.77. The number of aromatic hydroxyl groups is 2. The van der Waals surface area contributed by atoms with E-state index in [1.807, 2.05) is 0 Å². The minimum absolute atomic E-state index is 0.0515. The Balaban J connectivity index is 1.53. The predicted octanol–water partition coefficient (Wildman–Crippen LogP) is 3.41. The van der Waals surface area contributed by atoms with E-state index in [1.54, 1.807) is 24.3 Å². The van der Waals surface area contributed by atoms with E-state index in [1.165, 1.54) is 6.07 Å². The predicted molar refractivity (Wildman–Crippen MR) is 113 cm³/mol. The molecule has 0 saturated carbocycles. The maximum absolute atomic E-state index is 12.6. The number of ether oxygens (including phenoxy) is 2. The second-order valence-electron chi connectivity index (χ2n) is 7.52. The van der Waals surface area contributed by atoms with Crippen LogP contribution in [0.15, 0.2) is 48.8 Å². The molecule has 2 N–H and O–H groups in total. The van der Waals surface area contributed by atoms with Crippen LogP contribution >= 0.6 is 0 Å². The molecule has 0 bridgehead atoms. The Morgan fingerprint density at radius 3 is 2.50 bits per heavy atom. The summed E-state index contributed by atoms with van der Waals surface area (Å²) in [6, 6.07) is 13.4. The lowest BCUT2D eigenvalue weighted by molar-refractivity contribution is -0.105. The van der Waals surface area contributed by atoms with Crippen molar-refractivity contribution in [2.75, 3.05) is 6.61 Å². The molecule has 2 aromatic carbocycles. The molecular formula is C24H18O8. The zero-order valence-corrected chi connectivity index (χ0v) is 16.8. The number of hydrogen-bond acceptors (Lipinski definition) is 8. The van der Waals surface area contributed by atoms with Gasteiger partial charge < -0.3 is 28.5 Å². The number of hydrogen-bond donors (Lipinski definition) is 2. The largest absolute Gasteiger partial charge is 0.507 e. The lowest BCUT2D eigenvalue weighted by Gasteiger charge is -2.22. The lowest BCUT2D eigenvalue weighted by atomic mass is 10.0. The van der Waals surface area contributed by atoms with Crippen LogP contribution in [0.25, 0.3) is 21.9 Å². The van der Waals surface area contributed by atoms with Gasteiger partial charge in [-0.25, -0.2) is 9.59 Å². The van der Waals surface area contributed by atoms with Crippen molar-refractivity contribution in [1.29, 1.82) is 0 Å². The molecule has 1 fully saturated rings. The second-order valence-corrected chi connectivity index (χ2v) is 7.52. The molecule has 2 aromatic heterocycles. The molecule has 1 unspecified atom stereocenters. The standard InChI is InChI=1S/C24H18O8/c25-21-14-5-1-2-6-18(14)31-23(27)16(21)12-17-22(26)15-9-8-13(11-19(15)32-24(17)28)30-20-7-3-4-10-29-20/h1-2,5-6,11,20,25-26H,3-4,7,10,12H2. The highest BCUT2D eigenvalue weighted by atomic mass is 16.7. The van der Waals surface area contributed by atoms with Crippen LogP contribution in [0.2, 0.25) is 0 Å².